The van der Waals surface area contributed by atoms with Gasteiger partial charge >= 0.3 is 0 Å². The first kappa shape index (κ1) is 19.2. The van der Waals surface area contributed by atoms with Crippen LogP contribution < -0.4 is 4.74 Å². The van der Waals surface area contributed by atoms with Crippen molar-refractivity contribution in [2.45, 2.75) is 32.1 Å². The molecule has 1 aromatic heterocycles. The van der Waals surface area contributed by atoms with E-state index in [4.69, 9.17) is 9.26 Å². The van der Waals surface area contributed by atoms with E-state index in [9.17, 15) is 4.79 Å². The summed E-state index contributed by atoms with van der Waals surface area (Å²) in [5.41, 5.74) is 3.01. The standard InChI is InChI=1S/C23H25N3O3/c1-16-9-11-17(12-10-16)14-21(27)26-13-5-6-18(15-26)22-24-23(29-25-22)19-7-3-4-8-20(19)28-2/h3-4,7-12,18H,5-6,13-15H2,1-2H3/t18-/m1/s1. The van der Waals surface area contributed by atoms with E-state index in [1.54, 1.807) is 7.11 Å². The average molecular weight is 391 g/mol. The number of carbonyl (C=O) groups excluding carboxylic acids is 1. The number of aromatic nitrogens is 2. The highest BCUT2D eigenvalue weighted by atomic mass is 16.5. The van der Waals surface area contributed by atoms with Crippen molar-refractivity contribution in [1.82, 2.24) is 15.0 Å². The molecule has 3 aromatic rings. The minimum Gasteiger partial charge on any atom is -0.496 e. The number of rotatable bonds is 5. The van der Waals surface area contributed by atoms with E-state index in [1.807, 2.05) is 60.4 Å². The van der Waals surface area contributed by atoms with E-state index in [0.29, 0.717) is 30.4 Å². The van der Waals surface area contributed by atoms with Crippen LogP contribution in [0.5, 0.6) is 5.75 Å². The van der Waals surface area contributed by atoms with E-state index in [-0.39, 0.29) is 11.8 Å². The summed E-state index contributed by atoms with van der Waals surface area (Å²) < 4.78 is 10.9. The molecule has 2 heterocycles. The van der Waals surface area contributed by atoms with Crippen molar-refractivity contribution in [3.63, 3.8) is 0 Å². The molecule has 6 heteroatoms. The predicted molar refractivity (Wildman–Crippen MR) is 110 cm³/mol. The Kier molecular flexibility index (Phi) is 5.60. The molecule has 0 bridgehead atoms. The van der Waals surface area contributed by atoms with E-state index in [2.05, 4.69) is 10.1 Å². The number of hydrogen-bond acceptors (Lipinski definition) is 5. The number of nitrogens with zero attached hydrogens (tertiary/aromatic N) is 3. The third-order valence-corrected chi connectivity index (χ3v) is 5.39. The number of hydrogen-bond donors (Lipinski definition) is 0. The number of piperidine rings is 1. The molecule has 1 saturated heterocycles. The quantitative estimate of drug-likeness (QED) is 0.657. The molecule has 4 rings (SSSR count). The number of benzene rings is 2. The lowest BCUT2D eigenvalue weighted by Gasteiger charge is -2.31. The van der Waals surface area contributed by atoms with Gasteiger partial charge < -0.3 is 14.2 Å². The second-order valence-electron chi connectivity index (χ2n) is 7.50. The summed E-state index contributed by atoms with van der Waals surface area (Å²) in [6, 6.07) is 15.7. The molecule has 0 radical (unpaired) electrons. The third kappa shape index (κ3) is 4.31. The van der Waals surface area contributed by atoms with Crippen molar-refractivity contribution >= 4 is 5.91 Å². The Balaban J connectivity index is 1.45. The lowest BCUT2D eigenvalue weighted by atomic mass is 9.96. The monoisotopic (exact) mass is 391 g/mol. The number of aryl methyl sites for hydroxylation is 1. The molecule has 0 N–H and O–H groups in total. The molecule has 29 heavy (non-hydrogen) atoms. The van der Waals surface area contributed by atoms with Gasteiger partial charge in [0, 0.05) is 19.0 Å². The van der Waals surface area contributed by atoms with Crippen LogP contribution in [-0.4, -0.2) is 41.1 Å². The molecule has 2 aromatic carbocycles. The first-order valence-electron chi connectivity index (χ1n) is 9.94. The minimum atomic E-state index is 0.0814. The molecular formula is C23H25N3O3. The van der Waals surface area contributed by atoms with Gasteiger partial charge in [-0.15, -0.1) is 0 Å². The largest absolute Gasteiger partial charge is 0.496 e. The third-order valence-electron chi connectivity index (χ3n) is 5.39. The van der Waals surface area contributed by atoms with Gasteiger partial charge in [-0.05, 0) is 37.5 Å². The van der Waals surface area contributed by atoms with Gasteiger partial charge in [0.2, 0.25) is 5.91 Å². The summed E-state index contributed by atoms with van der Waals surface area (Å²) in [5, 5.41) is 4.20. The van der Waals surface area contributed by atoms with Gasteiger partial charge in [0.05, 0.1) is 19.1 Å². The fourth-order valence-corrected chi connectivity index (χ4v) is 3.74. The zero-order chi connectivity index (χ0) is 20.2. The maximum Gasteiger partial charge on any atom is 0.261 e. The zero-order valence-electron chi connectivity index (χ0n) is 16.8. The van der Waals surface area contributed by atoms with E-state index in [0.717, 1.165) is 30.5 Å². The summed E-state index contributed by atoms with van der Waals surface area (Å²) in [6.07, 6.45) is 2.30. The van der Waals surface area contributed by atoms with Gasteiger partial charge in [-0.3, -0.25) is 4.79 Å². The number of methoxy groups -OCH3 is 1. The Morgan fingerprint density at radius 1 is 1.21 bits per heavy atom. The highest BCUT2D eigenvalue weighted by Gasteiger charge is 2.28. The Hall–Kier alpha value is -3.15. The lowest BCUT2D eigenvalue weighted by molar-refractivity contribution is -0.131. The normalized spacial score (nSPS) is 16.6. The van der Waals surface area contributed by atoms with Gasteiger partial charge in [-0.25, -0.2) is 0 Å². The van der Waals surface area contributed by atoms with Crippen LogP contribution in [0.1, 0.15) is 35.7 Å². The van der Waals surface area contributed by atoms with Gasteiger partial charge in [0.1, 0.15) is 5.75 Å². The van der Waals surface area contributed by atoms with Crippen molar-refractivity contribution in [3.05, 3.63) is 65.5 Å². The molecule has 1 aliphatic rings. The smallest absolute Gasteiger partial charge is 0.261 e. The highest BCUT2D eigenvalue weighted by Crippen LogP contribution is 2.31. The number of para-hydroxylation sites is 1. The Morgan fingerprint density at radius 2 is 2.00 bits per heavy atom. The fraction of sp³-hybridized carbons (Fsp3) is 0.348. The van der Waals surface area contributed by atoms with Crippen LogP contribution in [0.4, 0.5) is 0 Å². The molecule has 0 saturated carbocycles. The van der Waals surface area contributed by atoms with Crippen molar-refractivity contribution in [2.75, 3.05) is 20.2 Å². The SMILES string of the molecule is COc1ccccc1-c1nc([C@@H]2CCCN(C(=O)Cc3ccc(C)cc3)C2)no1. The lowest BCUT2D eigenvalue weighted by Crippen LogP contribution is -2.40. The number of amides is 1. The molecule has 0 unspecified atom stereocenters. The maximum atomic E-state index is 12.8. The summed E-state index contributed by atoms with van der Waals surface area (Å²) in [5.74, 6) is 2.02. The maximum absolute atomic E-state index is 12.8. The topological polar surface area (TPSA) is 68.5 Å². The Labute approximate surface area is 170 Å². The predicted octanol–water partition coefficient (Wildman–Crippen LogP) is 4.00. The van der Waals surface area contributed by atoms with Crippen LogP contribution in [0.25, 0.3) is 11.5 Å². The van der Waals surface area contributed by atoms with Crippen LogP contribution in [0.3, 0.4) is 0 Å². The molecule has 1 atom stereocenters. The molecule has 6 nitrogen and oxygen atoms in total. The zero-order valence-corrected chi connectivity index (χ0v) is 16.8. The summed E-state index contributed by atoms with van der Waals surface area (Å²) in [4.78, 5) is 19.3. The van der Waals surface area contributed by atoms with Crippen LogP contribution in [-0.2, 0) is 11.2 Å². The summed E-state index contributed by atoms with van der Waals surface area (Å²) >= 11 is 0. The van der Waals surface area contributed by atoms with Crippen LogP contribution in [0.2, 0.25) is 0 Å². The number of likely N-dealkylation sites (tertiary alicyclic amines) is 1. The van der Waals surface area contributed by atoms with Crippen LogP contribution >= 0.6 is 0 Å². The molecule has 1 aliphatic heterocycles. The summed E-state index contributed by atoms with van der Waals surface area (Å²) in [6.45, 7) is 3.44. The number of ether oxygens (including phenoxy) is 1. The minimum absolute atomic E-state index is 0.0814. The summed E-state index contributed by atoms with van der Waals surface area (Å²) in [7, 11) is 1.62. The van der Waals surface area contributed by atoms with Crippen LogP contribution in [0, 0.1) is 6.92 Å². The molecule has 150 valence electrons. The first-order chi connectivity index (χ1) is 14.1. The Morgan fingerprint density at radius 3 is 2.79 bits per heavy atom. The molecule has 0 aliphatic carbocycles. The molecular weight excluding hydrogens is 366 g/mol. The van der Waals surface area contributed by atoms with Crippen molar-refractivity contribution in [1.29, 1.82) is 0 Å². The fourth-order valence-electron chi connectivity index (χ4n) is 3.74. The van der Waals surface area contributed by atoms with Gasteiger partial charge in [0.15, 0.2) is 5.82 Å². The second kappa shape index (κ2) is 8.47. The van der Waals surface area contributed by atoms with E-state index >= 15 is 0 Å². The van der Waals surface area contributed by atoms with Gasteiger partial charge in [-0.1, -0.05) is 47.1 Å². The highest BCUT2D eigenvalue weighted by molar-refractivity contribution is 5.79. The van der Waals surface area contributed by atoms with Crippen LogP contribution in [0.15, 0.2) is 53.1 Å². The van der Waals surface area contributed by atoms with Crippen molar-refractivity contribution < 1.29 is 14.1 Å². The van der Waals surface area contributed by atoms with Crippen molar-refractivity contribution in [3.8, 4) is 17.2 Å². The molecule has 1 amide bonds. The second-order valence-corrected chi connectivity index (χ2v) is 7.50. The Bertz CT molecular complexity index is 981. The average Bonchev–Trinajstić information content (AvgIpc) is 3.25. The van der Waals surface area contributed by atoms with Gasteiger partial charge in [0.25, 0.3) is 5.89 Å². The molecule has 0 spiro atoms. The van der Waals surface area contributed by atoms with E-state index < -0.39 is 0 Å². The first-order valence-corrected chi connectivity index (χ1v) is 9.94. The van der Waals surface area contributed by atoms with Crippen molar-refractivity contribution in [2.24, 2.45) is 0 Å². The van der Waals surface area contributed by atoms with E-state index in [1.165, 1.54) is 5.56 Å². The van der Waals surface area contributed by atoms with Gasteiger partial charge in [-0.2, -0.15) is 4.98 Å². The molecule has 1 fully saturated rings. The number of carbonyl (C=O) groups is 1.